The zero-order chi connectivity index (χ0) is 23.0. The molecule has 170 valence electrons. The Balaban J connectivity index is 1.63. The molecule has 0 bridgehead atoms. The lowest BCUT2D eigenvalue weighted by Crippen LogP contribution is -2.45. The van der Waals surface area contributed by atoms with Gasteiger partial charge in [0.05, 0.1) is 21.3 Å². The first-order valence-electron chi connectivity index (χ1n) is 10.1. The summed E-state index contributed by atoms with van der Waals surface area (Å²) < 4.78 is 47.4. The van der Waals surface area contributed by atoms with Crippen LogP contribution in [0.1, 0.15) is 35.1 Å². The summed E-state index contributed by atoms with van der Waals surface area (Å²) in [4.78, 5) is 26.8. The summed E-state index contributed by atoms with van der Waals surface area (Å²) in [6.45, 7) is 4.68. The molecule has 1 fully saturated rings. The molecule has 0 aromatic carbocycles. The molecule has 1 saturated heterocycles. The van der Waals surface area contributed by atoms with E-state index in [2.05, 4.69) is 20.3 Å². The Morgan fingerprint density at radius 1 is 1.34 bits per heavy atom. The van der Waals surface area contributed by atoms with Gasteiger partial charge in [-0.15, -0.1) is 11.3 Å². The van der Waals surface area contributed by atoms with E-state index in [-0.39, 0.29) is 33.6 Å². The van der Waals surface area contributed by atoms with Crippen LogP contribution in [-0.2, 0) is 6.18 Å². The fourth-order valence-corrected chi connectivity index (χ4v) is 4.85. The number of alkyl halides is 3. The largest absolute Gasteiger partial charge is 0.474 e. The Bertz CT molecular complexity index is 1150. The van der Waals surface area contributed by atoms with Crippen molar-refractivity contribution >= 4 is 33.3 Å². The molecule has 0 spiro atoms. The summed E-state index contributed by atoms with van der Waals surface area (Å²) >= 11 is 0.876. The number of carbonyl (C=O) groups is 1. The molecule has 1 aliphatic rings. The highest BCUT2D eigenvalue weighted by molar-refractivity contribution is 7.17. The van der Waals surface area contributed by atoms with Crippen LogP contribution in [0, 0.1) is 12.8 Å². The lowest BCUT2D eigenvalue weighted by atomic mass is 9.96. The molecule has 1 amide bonds. The van der Waals surface area contributed by atoms with Crippen molar-refractivity contribution in [2.45, 2.75) is 32.5 Å². The Morgan fingerprint density at radius 2 is 2.12 bits per heavy atom. The number of halogens is 3. The average Bonchev–Trinajstić information content (AvgIpc) is 3.17. The van der Waals surface area contributed by atoms with Gasteiger partial charge in [-0.1, -0.05) is 6.92 Å². The van der Waals surface area contributed by atoms with Gasteiger partial charge in [0, 0.05) is 50.1 Å². The molecule has 1 N–H and O–H groups in total. The summed E-state index contributed by atoms with van der Waals surface area (Å²) in [5, 5.41) is 3.88. The zero-order valence-corrected chi connectivity index (χ0v) is 18.5. The van der Waals surface area contributed by atoms with E-state index >= 15 is 0 Å². The first kappa shape index (κ1) is 22.3. The number of aromatic nitrogens is 3. The van der Waals surface area contributed by atoms with Crippen molar-refractivity contribution in [1.82, 2.24) is 20.3 Å². The molecule has 3 aromatic rings. The number of piperidine rings is 1. The third-order valence-corrected chi connectivity index (χ3v) is 6.46. The summed E-state index contributed by atoms with van der Waals surface area (Å²) in [5.74, 6) is 0.848. The van der Waals surface area contributed by atoms with Crippen LogP contribution in [0.25, 0.3) is 10.2 Å². The number of carbonyl (C=O) groups excluding carboxylic acids is 1. The summed E-state index contributed by atoms with van der Waals surface area (Å²) in [5.41, 5.74) is -0.563. The van der Waals surface area contributed by atoms with Crippen LogP contribution in [0.15, 0.2) is 23.7 Å². The van der Waals surface area contributed by atoms with E-state index in [0.29, 0.717) is 31.2 Å². The highest BCUT2D eigenvalue weighted by Gasteiger charge is 2.37. The zero-order valence-electron chi connectivity index (χ0n) is 17.7. The Morgan fingerprint density at radius 3 is 2.78 bits per heavy atom. The number of anilines is 1. The second-order valence-corrected chi connectivity index (χ2v) is 8.62. The number of nitrogens with one attached hydrogen (secondary N) is 1. The van der Waals surface area contributed by atoms with E-state index in [1.54, 1.807) is 19.2 Å². The third kappa shape index (κ3) is 4.34. The number of amides is 1. The van der Waals surface area contributed by atoms with Crippen LogP contribution in [0.4, 0.5) is 19.0 Å². The van der Waals surface area contributed by atoms with E-state index in [4.69, 9.17) is 4.74 Å². The van der Waals surface area contributed by atoms with Gasteiger partial charge < -0.3 is 15.0 Å². The van der Waals surface area contributed by atoms with Gasteiger partial charge in [0.15, 0.2) is 0 Å². The maximum atomic E-state index is 13.8. The van der Waals surface area contributed by atoms with Crippen molar-refractivity contribution in [3.8, 4) is 5.88 Å². The SMILES string of the molecule is CNC(=O)c1csc2c(C(F)(F)F)cc(N3CC[C@H](Oc4ccnc(C)n4)[C@H](C)C3)nc12. The predicted octanol–water partition coefficient (Wildman–Crippen LogP) is 4.07. The first-order chi connectivity index (χ1) is 15.2. The maximum absolute atomic E-state index is 13.8. The van der Waals surface area contributed by atoms with Gasteiger partial charge >= 0.3 is 6.18 Å². The number of fused-ring (bicyclic) bond motifs is 1. The molecule has 0 saturated carbocycles. The lowest BCUT2D eigenvalue weighted by Gasteiger charge is -2.37. The highest BCUT2D eigenvalue weighted by atomic mass is 32.1. The smallest absolute Gasteiger partial charge is 0.417 e. The van der Waals surface area contributed by atoms with E-state index in [9.17, 15) is 18.0 Å². The van der Waals surface area contributed by atoms with Crippen LogP contribution in [0.2, 0.25) is 0 Å². The molecule has 2 atom stereocenters. The second-order valence-electron chi connectivity index (χ2n) is 7.74. The molecule has 0 aliphatic carbocycles. The number of rotatable bonds is 4. The minimum atomic E-state index is -4.56. The van der Waals surface area contributed by atoms with Gasteiger partial charge in [0.1, 0.15) is 17.7 Å². The van der Waals surface area contributed by atoms with Crippen LogP contribution in [-0.4, -0.2) is 47.1 Å². The number of hydrogen-bond donors (Lipinski definition) is 1. The first-order valence-corrected chi connectivity index (χ1v) is 11.0. The predicted molar refractivity (Wildman–Crippen MR) is 115 cm³/mol. The van der Waals surface area contributed by atoms with Crippen LogP contribution in [0.3, 0.4) is 0 Å². The van der Waals surface area contributed by atoms with E-state index < -0.39 is 17.6 Å². The summed E-state index contributed by atoms with van der Waals surface area (Å²) in [6, 6.07) is 2.77. The van der Waals surface area contributed by atoms with Crippen LogP contribution >= 0.6 is 11.3 Å². The molecule has 32 heavy (non-hydrogen) atoms. The van der Waals surface area contributed by atoms with Crippen molar-refractivity contribution in [3.63, 3.8) is 0 Å². The molecule has 4 rings (SSSR count). The van der Waals surface area contributed by atoms with Gasteiger partial charge in [-0.25, -0.2) is 9.97 Å². The third-order valence-electron chi connectivity index (χ3n) is 5.46. The molecule has 11 heteroatoms. The number of thiophene rings is 1. The fraction of sp³-hybridized carbons (Fsp3) is 0.429. The van der Waals surface area contributed by atoms with Gasteiger partial charge in [-0.05, 0) is 13.0 Å². The number of aryl methyl sites for hydroxylation is 1. The number of nitrogens with zero attached hydrogens (tertiary/aromatic N) is 4. The lowest BCUT2D eigenvalue weighted by molar-refractivity contribution is -0.136. The molecule has 0 radical (unpaired) electrons. The topological polar surface area (TPSA) is 80.2 Å². The van der Waals surface area contributed by atoms with Crippen molar-refractivity contribution in [3.05, 3.63) is 40.7 Å². The fourth-order valence-electron chi connectivity index (χ4n) is 3.83. The summed E-state index contributed by atoms with van der Waals surface area (Å²) in [7, 11) is 1.44. The highest BCUT2D eigenvalue weighted by Crippen LogP contribution is 2.40. The molecule has 0 unspecified atom stereocenters. The van der Waals surface area contributed by atoms with Crippen molar-refractivity contribution in [1.29, 1.82) is 0 Å². The van der Waals surface area contributed by atoms with Gasteiger partial charge in [0.2, 0.25) is 5.88 Å². The van der Waals surface area contributed by atoms with Crippen LogP contribution < -0.4 is 15.0 Å². The maximum Gasteiger partial charge on any atom is 0.417 e. The number of hydrogen-bond acceptors (Lipinski definition) is 7. The molecule has 4 heterocycles. The Hall–Kier alpha value is -2.95. The standard InChI is InChI=1S/C21H22F3N5O2S/c1-11-9-29(7-5-15(11)31-17-4-6-26-12(2)27-17)16-8-14(21(22,23)24)19-18(28-16)13(10-32-19)20(30)25-3/h4,6,8,10-11,15H,5,7,9H2,1-3H3,(H,25,30)/t11-,15+/m1/s1. The quantitative estimate of drug-likeness (QED) is 0.626. The van der Waals surface area contributed by atoms with Crippen molar-refractivity contribution in [2.24, 2.45) is 5.92 Å². The second kappa shape index (κ2) is 8.53. The monoisotopic (exact) mass is 465 g/mol. The van der Waals surface area contributed by atoms with E-state index in [0.717, 1.165) is 17.4 Å². The molecule has 1 aliphatic heterocycles. The normalized spacial score (nSPS) is 19.2. The minimum absolute atomic E-state index is 0.0201. The minimum Gasteiger partial charge on any atom is -0.474 e. The summed E-state index contributed by atoms with van der Waals surface area (Å²) in [6.07, 6.45) is -2.47. The number of ether oxygens (including phenoxy) is 1. The van der Waals surface area contributed by atoms with E-state index in [1.807, 2.05) is 11.8 Å². The van der Waals surface area contributed by atoms with Gasteiger partial charge in [-0.3, -0.25) is 4.79 Å². The van der Waals surface area contributed by atoms with E-state index in [1.165, 1.54) is 12.4 Å². The molecular formula is C21H22F3N5O2S. The number of pyridine rings is 1. The molecular weight excluding hydrogens is 443 g/mol. The Kier molecular flexibility index (Phi) is 5.93. The molecule has 3 aromatic heterocycles. The molecule has 7 nitrogen and oxygen atoms in total. The average molecular weight is 466 g/mol. The van der Waals surface area contributed by atoms with Crippen molar-refractivity contribution in [2.75, 3.05) is 25.0 Å². The van der Waals surface area contributed by atoms with Crippen molar-refractivity contribution < 1.29 is 22.7 Å². The van der Waals surface area contributed by atoms with Gasteiger partial charge in [0.25, 0.3) is 5.91 Å². The Labute approximate surface area is 186 Å². The van der Waals surface area contributed by atoms with Crippen LogP contribution in [0.5, 0.6) is 5.88 Å². The van der Waals surface area contributed by atoms with Gasteiger partial charge in [-0.2, -0.15) is 18.2 Å².